The number of furan rings is 1. The van der Waals surface area contributed by atoms with E-state index >= 15 is 0 Å². The fourth-order valence-corrected chi connectivity index (χ4v) is 3.08. The van der Waals surface area contributed by atoms with Gasteiger partial charge in [-0.2, -0.15) is 0 Å². The van der Waals surface area contributed by atoms with E-state index < -0.39 is 0 Å². The highest BCUT2D eigenvalue weighted by Crippen LogP contribution is 2.19. The Kier molecular flexibility index (Phi) is 5.16. The predicted molar refractivity (Wildman–Crippen MR) is 111 cm³/mol. The van der Waals surface area contributed by atoms with Gasteiger partial charge in [-0.05, 0) is 54.2 Å². The lowest BCUT2D eigenvalue weighted by molar-refractivity contribution is 0.0948. The van der Waals surface area contributed by atoms with Crippen LogP contribution in [-0.2, 0) is 13.1 Å². The van der Waals surface area contributed by atoms with Gasteiger partial charge in [0.15, 0.2) is 4.77 Å². The summed E-state index contributed by atoms with van der Waals surface area (Å²) in [5.74, 6) is 1.31. The quantitative estimate of drug-likeness (QED) is 0.424. The molecule has 0 saturated heterocycles. The van der Waals surface area contributed by atoms with Gasteiger partial charge in [0, 0.05) is 17.5 Å². The predicted octanol–water partition coefficient (Wildman–Crippen LogP) is 4.43. The summed E-state index contributed by atoms with van der Waals surface area (Å²) in [5.41, 5.74) is 2.57. The SMILES string of the molecule is O=C(NCc1ccco1)c1ccc(CNc2nc(=S)[nH]c3ccccc23)cc1. The molecule has 7 heteroatoms. The summed E-state index contributed by atoms with van der Waals surface area (Å²) in [6.45, 7) is 0.937. The molecule has 2 aromatic heterocycles. The molecule has 0 saturated carbocycles. The molecule has 2 aromatic carbocycles. The Hall–Kier alpha value is -3.45. The van der Waals surface area contributed by atoms with E-state index in [1.807, 2.05) is 42.5 Å². The molecule has 0 atom stereocenters. The Morgan fingerprint density at radius 1 is 1.04 bits per heavy atom. The zero-order valence-electron chi connectivity index (χ0n) is 14.9. The molecule has 0 bridgehead atoms. The first-order chi connectivity index (χ1) is 13.7. The number of H-pyrrole nitrogens is 1. The number of amides is 1. The lowest BCUT2D eigenvalue weighted by atomic mass is 10.1. The second-order valence-corrected chi connectivity index (χ2v) is 6.64. The molecule has 140 valence electrons. The van der Waals surface area contributed by atoms with Crippen molar-refractivity contribution in [1.29, 1.82) is 0 Å². The highest BCUT2D eigenvalue weighted by atomic mass is 32.1. The summed E-state index contributed by atoms with van der Waals surface area (Å²) >= 11 is 5.20. The number of hydrogen-bond acceptors (Lipinski definition) is 5. The third-order valence-corrected chi connectivity index (χ3v) is 4.51. The first kappa shape index (κ1) is 17.9. The van der Waals surface area contributed by atoms with Gasteiger partial charge in [-0.25, -0.2) is 4.98 Å². The molecular formula is C21H18N4O2S. The molecule has 0 spiro atoms. The van der Waals surface area contributed by atoms with Crippen molar-refractivity contribution in [1.82, 2.24) is 15.3 Å². The van der Waals surface area contributed by atoms with E-state index in [4.69, 9.17) is 16.6 Å². The molecule has 0 radical (unpaired) electrons. The largest absolute Gasteiger partial charge is 0.467 e. The molecule has 0 fully saturated rings. The first-order valence-corrected chi connectivity index (χ1v) is 9.22. The maximum absolute atomic E-state index is 12.2. The van der Waals surface area contributed by atoms with Crippen molar-refractivity contribution in [3.05, 3.63) is 88.6 Å². The summed E-state index contributed by atoms with van der Waals surface area (Å²) < 4.78 is 5.65. The lowest BCUT2D eigenvalue weighted by Gasteiger charge is -2.09. The molecule has 6 nitrogen and oxygen atoms in total. The van der Waals surface area contributed by atoms with Crippen molar-refractivity contribution in [2.24, 2.45) is 0 Å². The number of rotatable bonds is 6. The Morgan fingerprint density at radius 3 is 2.64 bits per heavy atom. The number of aromatic amines is 1. The number of carbonyl (C=O) groups is 1. The maximum atomic E-state index is 12.2. The van der Waals surface area contributed by atoms with Crippen LogP contribution in [0.1, 0.15) is 21.7 Å². The number of benzene rings is 2. The lowest BCUT2D eigenvalue weighted by Crippen LogP contribution is -2.22. The number of anilines is 1. The van der Waals surface area contributed by atoms with Crippen molar-refractivity contribution >= 4 is 34.8 Å². The topological polar surface area (TPSA) is 82.9 Å². The molecule has 0 unspecified atom stereocenters. The van der Waals surface area contributed by atoms with Crippen LogP contribution in [0.3, 0.4) is 0 Å². The number of aromatic nitrogens is 2. The molecule has 0 aliphatic rings. The molecule has 3 N–H and O–H groups in total. The van der Waals surface area contributed by atoms with Crippen LogP contribution in [0.2, 0.25) is 0 Å². The number of nitrogens with zero attached hydrogens (tertiary/aromatic N) is 1. The molecule has 4 aromatic rings. The third kappa shape index (κ3) is 4.10. The van der Waals surface area contributed by atoms with Gasteiger partial charge < -0.3 is 20.0 Å². The van der Waals surface area contributed by atoms with Crippen LogP contribution in [-0.4, -0.2) is 15.9 Å². The van der Waals surface area contributed by atoms with Crippen LogP contribution < -0.4 is 10.6 Å². The zero-order chi connectivity index (χ0) is 19.3. The van der Waals surface area contributed by atoms with E-state index in [0.29, 0.717) is 23.4 Å². The molecule has 0 aliphatic carbocycles. The first-order valence-electron chi connectivity index (χ1n) is 8.81. The molecule has 4 rings (SSSR count). The number of para-hydroxylation sites is 1. The number of hydrogen-bond donors (Lipinski definition) is 3. The molecule has 1 amide bonds. The number of carbonyl (C=O) groups excluding carboxylic acids is 1. The second kappa shape index (κ2) is 8.06. The Labute approximate surface area is 166 Å². The second-order valence-electron chi connectivity index (χ2n) is 6.25. The molecular weight excluding hydrogens is 372 g/mol. The van der Waals surface area contributed by atoms with Crippen LogP contribution in [0.25, 0.3) is 10.9 Å². The summed E-state index contributed by atoms with van der Waals surface area (Å²) in [6.07, 6.45) is 1.58. The van der Waals surface area contributed by atoms with Gasteiger partial charge >= 0.3 is 0 Å². The van der Waals surface area contributed by atoms with E-state index in [1.165, 1.54) is 0 Å². The zero-order valence-corrected chi connectivity index (χ0v) is 15.8. The minimum absolute atomic E-state index is 0.141. The minimum Gasteiger partial charge on any atom is -0.467 e. The number of nitrogens with one attached hydrogen (secondary N) is 3. The van der Waals surface area contributed by atoms with Crippen molar-refractivity contribution in [2.75, 3.05) is 5.32 Å². The maximum Gasteiger partial charge on any atom is 0.251 e. The summed E-state index contributed by atoms with van der Waals surface area (Å²) in [6, 6.07) is 18.9. The standard InChI is InChI=1S/C21H18N4O2S/c26-20(23-13-16-4-3-11-27-16)15-9-7-14(8-10-15)12-22-19-17-5-1-2-6-18(17)24-21(28)25-19/h1-11H,12-13H2,(H,23,26)(H2,22,24,25,28). The fraction of sp³-hybridized carbons (Fsp3) is 0.0952. The van der Waals surface area contributed by atoms with Crippen molar-refractivity contribution < 1.29 is 9.21 Å². The monoisotopic (exact) mass is 390 g/mol. The summed E-state index contributed by atoms with van der Waals surface area (Å²) in [4.78, 5) is 19.7. The molecule has 2 heterocycles. The van der Waals surface area contributed by atoms with E-state index in [9.17, 15) is 4.79 Å². The van der Waals surface area contributed by atoms with Gasteiger partial charge in [0.2, 0.25) is 0 Å². The van der Waals surface area contributed by atoms with Gasteiger partial charge in [0.25, 0.3) is 5.91 Å². The van der Waals surface area contributed by atoms with Crippen LogP contribution in [0.15, 0.2) is 71.3 Å². The third-order valence-electron chi connectivity index (χ3n) is 4.32. The van der Waals surface area contributed by atoms with Crippen LogP contribution in [0, 0.1) is 4.77 Å². The van der Waals surface area contributed by atoms with Gasteiger partial charge in [-0.15, -0.1) is 0 Å². The average molecular weight is 390 g/mol. The van der Waals surface area contributed by atoms with Crippen molar-refractivity contribution in [2.45, 2.75) is 13.1 Å². The van der Waals surface area contributed by atoms with E-state index in [2.05, 4.69) is 20.6 Å². The Balaban J connectivity index is 1.41. The van der Waals surface area contributed by atoms with Crippen LogP contribution >= 0.6 is 12.2 Å². The number of fused-ring (bicyclic) bond motifs is 1. The van der Waals surface area contributed by atoms with Crippen LogP contribution in [0.4, 0.5) is 5.82 Å². The van der Waals surface area contributed by atoms with Crippen LogP contribution in [0.5, 0.6) is 0 Å². The van der Waals surface area contributed by atoms with E-state index in [-0.39, 0.29) is 5.91 Å². The minimum atomic E-state index is -0.141. The summed E-state index contributed by atoms with van der Waals surface area (Å²) in [7, 11) is 0. The normalized spacial score (nSPS) is 10.7. The van der Waals surface area contributed by atoms with Gasteiger partial charge in [0.1, 0.15) is 11.6 Å². The fourth-order valence-electron chi connectivity index (χ4n) is 2.88. The van der Waals surface area contributed by atoms with E-state index in [1.54, 1.807) is 24.5 Å². The summed E-state index contributed by atoms with van der Waals surface area (Å²) in [5, 5.41) is 7.13. The average Bonchev–Trinajstić information content (AvgIpc) is 3.24. The highest BCUT2D eigenvalue weighted by molar-refractivity contribution is 7.71. The van der Waals surface area contributed by atoms with Gasteiger partial charge in [-0.3, -0.25) is 4.79 Å². The molecule has 0 aliphatic heterocycles. The Bertz CT molecular complexity index is 1150. The van der Waals surface area contributed by atoms with Crippen molar-refractivity contribution in [3.63, 3.8) is 0 Å². The van der Waals surface area contributed by atoms with Gasteiger partial charge in [0.05, 0.1) is 18.3 Å². The van der Waals surface area contributed by atoms with Gasteiger partial charge in [-0.1, -0.05) is 24.3 Å². The Morgan fingerprint density at radius 2 is 1.86 bits per heavy atom. The van der Waals surface area contributed by atoms with E-state index in [0.717, 1.165) is 28.0 Å². The molecule has 28 heavy (non-hydrogen) atoms. The van der Waals surface area contributed by atoms with Crippen molar-refractivity contribution in [3.8, 4) is 0 Å². The highest BCUT2D eigenvalue weighted by Gasteiger charge is 2.07. The smallest absolute Gasteiger partial charge is 0.251 e.